The molecule has 1 aromatic carbocycles. The van der Waals surface area contributed by atoms with Crippen LogP contribution in [0.5, 0.6) is 11.5 Å². The van der Waals surface area contributed by atoms with Crippen molar-refractivity contribution in [2.75, 3.05) is 26.8 Å². The number of methoxy groups -OCH3 is 1. The summed E-state index contributed by atoms with van der Waals surface area (Å²) in [6.07, 6.45) is 4.67. The predicted octanol–water partition coefficient (Wildman–Crippen LogP) is 3.31. The van der Waals surface area contributed by atoms with Crippen molar-refractivity contribution in [3.63, 3.8) is 0 Å². The Kier molecular flexibility index (Phi) is 7.52. The first-order valence-electron chi connectivity index (χ1n) is 9.99. The fourth-order valence-electron chi connectivity index (χ4n) is 3.49. The third kappa shape index (κ3) is 5.21. The Hall–Kier alpha value is -2.80. The SMILES string of the molecule is CCOc1c(Cl)cc(C(=O)N2CCC(C(=O)NCc3cccnc3)CC2)cc1OC. The van der Waals surface area contributed by atoms with E-state index in [0.29, 0.717) is 61.2 Å². The van der Waals surface area contributed by atoms with Gasteiger partial charge in [-0.25, -0.2) is 0 Å². The molecule has 30 heavy (non-hydrogen) atoms. The zero-order chi connectivity index (χ0) is 21.5. The van der Waals surface area contributed by atoms with Crippen LogP contribution in [-0.4, -0.2) is 48.5 Å². The van der Waals surface area contributed by atoms with Gasteiger partial charge in [0.2, 0.25) is 5.91 Å². The summed E-state index contributed by atoms with van der Waals surface area (Å²) in [5.74, 6) is 0.632. The highest BCUT2D eigenvalue weighted by Crippen LogP contribution is 2.37. The Labute approximate surface area is 181 Å². The van der Waals surface area contributed by atoms with Gasteiger partial charge in [0.25, 0.3) is 5.91 Å². The number of rotatable bonds is 7. The van der Waals surface area contributed by atoms with Crippen molar-refractivity contribution in [2.24, 2.45) is 5.92 Å². The van der Waals surface area contributed by atoms with Gasteiger partial charge in [-0.3, -0.25) is 14.6 Å². The van der Waals surface area contributed by atoms with Gasteiger partial charge in [0, 0.05) is 43.5 Å². The van der Waals surface area contributed by atoms with Crippen LogP contribution in [0, 0.1) is 5.92 Å². The zero-order valence-electron chi connectivity index (χ0n) is 17.2. The van der Waals surface area contributed by atoms with E-state index in [-0.39, 0.29) is 17.7 Å². The second kappa shape index (κ2) is 10.3. The van der Waals surface area contributed by atoms with Gasteiger partial charge in [-0.05, 0) is 43.5 Å². The van der Waals surface area contributed by atoms with Crippen LogP contribution < -0.4 is 14.8 Å². The summed E-state index contributed by atoms with van der Waals surface area (Å²) in [5.41, 5.74) is 1.40. The number of aromatic nitrogens is 1. The topological polar surface area (TPSA) is 80.8 Å². The molecule has 0 spiro atoms. The van der Waals surface area contributed by atoms with Gasteiger partial charge in [0.15, 0.2) is 11.5 Å². The van der Waals surface area contributed by atoms with Crippen molar-refractivity contribution in [1.82, 2.24) is 15.2 Å². The summed E-state index contributed by atoms with van der Waals surface area (Å²) in [6.45, 7) is 3.77. The zero-order valence-corrected chi connectivity index (χ0v) is 17.9. The van der Waals surface area contributed by atoms with Crippen LogP contribution in [0.4, 0.5) is 0 Å². The number of hydrogen-bond donors (Lipinski definition) is 1. The Morgan fingerprint density at radius 1 is 1.30 bits per heavy atom. The normalized spacial score (nSPS) is 14.3. The van der Waals surface area contributed by atoms with E-state index in [2.05, 4.69) is 10.3 Å². The molecule has 8 heteroatoms. The van der Waals surface area contributed by atoms with E-state index < -0.39 is 0 Å². The Morgan fingerprint density at radius 2 is 2.07 bits per heavy atom. The number of halogens is 1. The molecule has 1 saturated heterocycles. The highest BCUT2D eigenvalue weighted by molar-refractivity contribution is 6.32. The monoisotopic (exact) mass is 431 g/mol. The molecule has 1 aliphatic heterocycles. The average molecular weight is 432 g/mol. The maximum absolute atomic E-state index is 12.9. The molecule has 1 aliphatic rings. The molecule has 0 aliphatic carbocycles. The maximum Gasteiger partial charge on any atom is 0.254 e. The Bertz CT molecular complexity index is 883. The first-order valence-corrected chi connectivity index (χ1v) is 10.4. The minimum Gasteiger partial charge on any atom is -0.493 e. The van der Waals surface area contributed by atoms with E-state index in [1.165, 1.54) is 7.11 Å². The van der Waals surface area contributed by atoms with E-state index >= 15 is 0 Å². The smallest absolute Gasteiger partial charge is 0.254 e. The van der Waals surface area contributed by atoms with E-state index in [1.807, 2.05) is 19.1 Å². The molecule has 0 unspecified atom stereocenters. The molecule has 2 heterocycles. The van der Waals surface area contributed by atoms with Gasteiger partial charge in [-0.1, -0.05) is 17.7 Å². The first-order chi connectivity index (χ1) is 14.5. The summed E-state index contributed by atoms with van der Waals surface area (Å²) in [7, 11) is 1.51. The summed E-state index contributed by atoms with van der Waals surface area (Å²) in [6, 6.07) is 7.01. The number of carbonyl (C=O) groups excluding carboxylic acids is 2. The molecule has 0 bridgehead atoms. The standard InChI is InChI=1S/C22H26ClN3O4/c1-3-30-20-18(23)11-17(12-19(20)29-2)22(28)26-9-6-16(7-10-26)21(27)25-14-15-5-4-8-24-13-15/h4-5,8,11-13,16H,3,6-7,9-10,14H2,1-2H3,(H,25,27). The number of nitrogens with zero attached hydrogens (tertiary/aromatic N) is 2. The molecular formula is C22H26ClN3O4. The maximum atomic E-state index is 12.9. The van der Waals surface area contributed by atoms with Gasteiger partial charge in [-0.15, -0.1) is 0 Å². The summed E-state index contributed by atoms with van der Waals surface area (Å²) >= 11 is 6.29. The minimum absolute atomic E-state index is 0.0109. The molecule has 0 radical (unpaired) electrons. The number of benzene rings is 1. The van der Waals surface area contributed by atoms with Crippen LogP contribution in [0.15, 0.2) is 36.7 Å². The van der Waals surface area contributed by atoms with Gasteiger partial charge in [0.05, 0.1) is 18.7 Å². The predicted molar refractivity (Wildman–Crippen MR) is 114 cm³/mol. The molecule has 2 aromatic rings. The number of carbonyl (C=O) groups is 2. The van der Waals surface area contributed by atoms with Crippen molar-refractivity contribution < 1.29 is 19.1 Å². The highest BCUT2D eigenvalue weighted by Gasteiger charge is 2.28. The third-order valence-electron chi connectivity index (χ3n) is 5.11. The molecule has 1 fully saturated rings. The number of piperidine rings is 1. The van der Waals surface area contributed by atoms with Gasteiger partial charge in [-0.2, -0.15) is 0 Å². The lowest BCUT2D eigenvalue weighted by molar-refractivity contribution is -0.126. The number of nitrogens with one attached hydrogen (secondary N) is 1. The fraction of sp³-hybridized carbons (Fsp3) is 0.409. The third-order valence-corrected chi connectivity index (χ3v) is 5.39. The number of amides is 2. The molecule has 7 nitrogen and oxygen atoms in total. The van der Waals surface area contributed by atoms with Gasteiger partial charge in [0.1, 0.15) is 0 Å². The van der Waals surface area contributed by atoms with Crippen molar-refractivity contribution >= 4 is 23.4 Å². The second-order valence-corrected chi connectivity index (χ2v) is 7.48. The lowest BCUT2D eigenvalue weighted by Crippen LogP contribution is -2.43. The molecule has 0 saturated carbocycles. The minimum atomic E-state index is -0.132. The van der Waals surface area contributed by atoms with E-state index in [9.17, 15) is 9.59 Å². The van der Waals surface area contributed by atoms with Crippen LogP contribution >= 0.6 is 11.6 Å². The molecule has 2 amide bonds. The van der Waals surface area contributed by atoms with Crippen molar-refractivity contribution in [3.05, 3.63) is 52.8 Å². The quantitative estimate of drug-likeness (QED) is 0.727. The Morgan fingerprint density at radius 3 is 2.70 bits per heavy atom. The second-order valence-electron chi connectivity index (χ2n) is 7.07. The fourth-order valence-corrected chi connectivity index (χ4v) is 3.76. The largest absolute Gasteiger partial charge is 0.493 e. The summed E-state index contributed by atoms with van der Waals surface area (Å²) in [5, 5.41) is 3.29. The molecule has 160 valence electrons. The average Bonchev–Trinajstić information content (AvgIpc) is 2.79. The van der Waals surface area contributed by atoms with Crippen LogP contribution in [0.2, 0.25) is 5.02 Å². The number of ether oxygens (including phenoxy) is 2. The summed E-state index contributed by atoms with van der Waals surface area (Å²) < 4.78 is 10.8. The molecule has 1 N–H and O–H groups in total. The number of likely N-dealkylation sites (tertiary alicyclic amines) is 1. The van der Waals surface area contributed by atoms with E-state index in [1.54, 1.807) is 29.4 Å². The summed E-state index contributed by atoms with van der Waals surface area (Å²) in [4.78, 5) is 31.2. The first kappa shape index (κ1) is 21.9. The van der Waals surface area contributed by atoms with Crippen LogP contribution in [-0.2, 0) is 11.3 Å². The van der Waals surface area contributed by atoms with Crippen molar-refractivity contribution in [3.8, 4) is 11.5 Å². The molecule has 1 aromatic heterocycles. The molecule has 3 rings (SSSR count). The van der Waals surface area contributed by atoms with E-state index in [0.717, 1.165) is 5.56 Å². The van der Waals surface area contributed by atoms with Crippen molar-refractivity contribution in [2.45, 2.75) is 26.3 Å². The van der Waals surface area contributed by atoms with Gasteiger partial charge < -0.3 is 19.7 Å². The number of pyridine rings is 1. The van der Waals surface area contributed by atoms with Crippen LogP contribution in [0.1, 0.15) is 35.7 Å². The van der Waals surface area contributed by atoms with Crippen molar-refractivity contribution in [1.29, 1.82) is 0 Å². The Balaban J connectivity index is 1.57. The highest BCUT2D eigenvalue weighted by atomic mass is 35.5. The molecular weight excluding hydrogens is 406 g/mol. The van der Waals surface area contributed by atoms with Crippen LogP contribution in [0.25, 0.3) is 0 Å². The lowest BCUT2D eigenvalue weighted by Gasteiger charge is -2.31. The van der Waals surface area contributed by atoms with E-state index in [4.69, 9.17) is 21.1 Å². The lowest BCUT2D eigenvalue weighted by atomic mass is 9.95. The molecule has 0 atom stereocenters. The van der Waals surface area contributed by atoms with Gasteiger partial charge >= 0.3 is 0 Å². The number of hydrogen-bond acceptors (Lipinski definition) is 5. The van der Waals surface area contributed by atoms with Crippen LogP contribution in [0.3, 0.4) is 0 Å².